The minimum atomic E-state index is -0.418. The van der Waals surface area contributed by atoms with Crippen LogP contribution in [0, 0.1) is 18.6 Å². The molecule has 1 nitrogen and oxygen atoms in total. The van der Waals surface area contributed by atoms with E-state index in [0.29, 0.717) is 11.1 Å². The third-order valence-electron chi connectivity index (χ3n) is 3.11. The molecule has 2 aromatic rings. The zero-order chi connectivity index (χ0) is 15.7. The first-order valence-corrected chi connectivity index (χ1v) is 8.54. The van der Waals surface area contributed by atoms with Gasteiger partial charge >= 0.3 is 0 Å². The van der Waals surface area contributed by atoms with Crippen LogP contribution in [0.2, 0.25) is 0 Å². The average Bonchev–Trinajstić information content (AvgIpc) is 2.37. The Labute approximate surface area is 147 Å². The summed E-state index contributed by atoms with van der Waals surface area (Å²) < 4.78 is 30.2. The van der Waals surface area contributed by atoms with E-state index in [0.717, 1.165) is 19.1 Å². The molecule has 6 heteroatoms. The van der Waals surface area contributed by atoms with Crippen LogP contribution in [-0.2, 0) is 0 Å². The Morgan fingerprint density at radius 2 is 1.52 bits per heavy atom. The van der Waals surface area contributed by atoms with Crippen LogP contribution in [0.15, 0.2) is 37.7 Å². The van der Waals surface area contributed by atoms with E-state index in [-0.39, 0.29) is 6.04 Å². The van der Waals surface area contributed by atoms with Crippen molar-refractivity contribution >= 4 is 53.5 Å². The summed E-state index contributed by atoms with van der Waals surface area (Å²) in [6.07, 6.45) is 0. The Balaban J connectivity index is 2.35. The number of benzene rings is 2. The lowest BCUT2D eigenvalue weighted by atomic mass is 10.0. The quantitative estimate of drug-likeness (QED) is 0.510. The molecule has 0 bridgehead atoms. The molecule has 0 amide bonds. The van der Waals surface area contributed by atoms with Gasteiger partial charge in [0.1, 0.15) is 11.6 Å². The van der Waals surface area contributed by atoms with E-state index in [9.17, 15) is 8.78 Å². The largest absolute Gasteiger partial charge is 0.377 e. The second-order valence-electron chi connectivity index (χ2n) is 4.73. The van der Waals surface area contributed by atoms with Crippen molar-refractivity contribution in [1.82, 2.24) is 0 Å². The molecule has 0 aliphatic carbocycles. The molecule has 0 spiro atoms. The predicted octanol–water partition coefficient (Wildman–Crippen LogP) is 6.73. The topological polar surface area (TPSA) is 12.0 Å². The van der Waals surface area contributed by atoms with Gasteiger partial charge in [0.15, 0.2) is 0 Å². The fourth-order valence-corrected chi connectivity index (χ4v) is 4.46. The van der Waals surface area contributed by atoms with E-state index >= 15 is 0 Å². The maximum absolute atomic E-state index is 14.0. The van der Waals surface area contributed by atoms with Crippen molar-refractivity contribution in [2.75, 3.05) is 5.32 Å². The van der Waals surface area contributed by atoms with E-state index in [4.69, 9.17) is 0 Å². The summed E-state index contributed by atoms with van der Waals surface area (Å²) in [5.74, 6) is -0.827. The monoisotopic (exact) mass is 481 g/mol. The molecule has 0 radical (unpaired) electrons. The second kappa shape index (κ2) is 6.75. The van der Waals surface area contributed by atoms with Crippen molar-refractivity contribution in [3.8, 4) is 0 Å². The molecule has 0 saturated carbocycles. The van der Waals surface area contributed by atoms with Crippen molar-refractivity contribution in [3.05, 3.63) is 60.4 Å². The lowest BCUT2D eigenvalue weighted by molar-refractivity contribution is 0.571. The smallest absolute Gasteiger partial charge is 0.128 e. The van der Waals surface area contributed by atoms with Gasteiger partial charge in [0, 0.05) is 19.0 Å². The van der Waals surface area contributed by atoms with Crippen molar-refractivity contribution < 1.29 is 8.78 Å². The first kappa shape index (κ1) is 16.9. The molecule has 0 heterocycles. The maximum atomic E-state index is 14.0. The van der Waals surface area contributed by atoms with Crippen LogP contribution in [0.3, 0.4) is 0 Å². The van der Waals surface area contributed by atoms with Crippen molar-refractivity contribution in [3.63, 3.8) is 0 Å². The molecular formula is C15H12Br3F2N. The van der Waals surface area contributed by atoms with E-state index in [2.05, 4.69) is 53.1 Å². The number of anilines is 1. The number of nitrogens with one attached hydrogen (secondary N) is 1. The number of hydrogen-bond acceptors (Lipinski definition) is 1. The summed E-state index contributed by atoms with van der Waals surface area (Å²) in [7, 11) is 0. The SMILES string of the molecule is Cc1cc(F)c(C(C)Nc2c(Br)cc(Br)cc2Br)cc1F. The van der Waals surface area contributed by atoms with Gasteiger partial charge in [-0.1, -0.05) is 15.9 Å². The first-order chi connectivity index (χ1) is 9.79. The molecule has 112 valence electrons. The van der Waals surface area contributed by atoms with Crippen LogP contribution < -0.4 is 5.32 Å². The molecule has 2 aromatic carbocycles. The highest BCUT2D eigenvalue weighted by atomic mass is 79.9. The minimum Gasteiger partial charge on any atom is -0.377 e. The second-order valence-corrected chi connectivity index (χ2v) is 7.36. The zero-order valence-corrected chi connectivity index (χ0v) is 16.0. The molecular weight excluding hydrogens is 472 g/mol. The highest BCUT2D eigenvalue weighted by molar-refractivity contribution is 9.11. The van der Waals surface area contributed by atoms with Crippen LogP contribution in [0.25, 0.3) is 0 Å². The summed E-state index contributed by atoms with van der Waals surface area (Å²) in [6, 6.07) is 5.84. The Kier molecular flexibility index (Phi) is 5.43. The van der Waals surface area contributed by atoms with Gasteiger partial charge in [0.05, 0.1) is 11.7 Å². The lowest BCUT2D eigenvalue weighted by Gasteiger charge is -2.19. The molecule has 0 aromatic heterocycles. The highest BCUT2D eigenvalue weighted by Gasteiger charge is 2.16. The number of rotatable bonds is 3. The maximum Gasteiger partial charge on any atom is 0.128 e. The van der Waals surface area contributed by atoms with Crippen LogP contribution in [0.1, 0.15) is 24.1 Å². The Morgan fingerprint density at radius 3 is 2.10 bits per heavy atom. The van der Waals surface area contributed by atoms with Crippen LogP contribution in [0.5, 0.6) is 0 Å². The van der Waals surface area contributed by atoms with Gasteiger partial charge in [-0.3, -0.25) is 0 Å². The van der Waals surface area contributed by atoms with E-state index in [1.54, 1.807) is 13.8 Å². The first-order valence-electron chi connectivity index (χ1n) is 6.16. The van der Waals surface area contributed by atoms with Gasteiger partial charge in [-0.05, 0) is 75.5 Å². The summed E-state index contributed by atoms with van der Waals surface area (Å²) in [5, 5.41) is 3.19. The van der Waals surface area contributed by atoms with Crippen molar-refractivity contribution in [1.29, 1.82) is 0 Å². The summed E-state index contributed by atoms with van der Waals surface area (Å²) in [5.41, 5.74) is 1.38. The molecule has 1 N–H and O–H groups in total. The lowest BCUT2D eigenvalue weighted by Crippen LogP contribution is -2.10. The highest BCUT2D eigenvalue weighted by Crippen LogP contribution is 2.36. The molecule has 0 fully saturated rings. The van der Waals surface area contributed by atoms with Gasteiger partial charge in [-0.15, -0.1) is 0 Å². The molecule has 0 saturated heterocycles. The Morgan fingerprint density at radius 1 is 0.952 bits per heavy atom. The number of hydrogen-bond donors (Lipinski definition) is 1. The summed E-state index contributed by atoms with van der Waals surface area (Å²) in [4.78, 5) is 0. The van der Waals surface area contributed by atoms with Crippen molar-refractivity contribution in [2.45, 2.75) is 19.9 Å². The molecule has 1 atom stereocenters. The van der Waals surface area contributed by atoms with Crippen LogP contribution in [0.4, 0.5) is 14.5 Å². The number of aryl methyl sites for hydroxylation is 1. The molecule has 0 aliphatic rings. The molecule has 21 heavy (non-hydrogen) atoms. The van der Waals surface area contributed by atoms with Crippen LogP contribution >= 0.6 is 47.8 Å². The van der Waals surface area contributed by atoms with E-state index in [1.165, 1.54) is 12.1 Å². The third-order valence-corrected chi connectivity index (χ3v) is 4.82. The van der Waals surface area contributed by atoms with Crippen LogP contribution in [-0.4, -0.2) is 0 Å². The Bertz CT molecular complexity index is 666. The summed E-state index contributed by atoms with van der Waals surface area (Å²) in [6.45, 7) is 3.33. The minimum absolute atomic E-state index is 0.291. The van der Waals surface area contributed by atoms with E-state index in [1.807, 2.05) is 12.1 Å². The standard InChI is InChI=1S/C15H12Br3F2N/c1-7-3-14(20)10(6-13(7)19)8(2)21-15-11(17)4-9(16)5-12(15)18/h3-6,8,21H,1-2H3. The zero-order valence-electron chi connectivity index (χ0n) is 11.3. The fourth-order valence-electron chi connectivity index (χ4n) is 1.97. The van der Waals surface area contributed by atoms with E-state index < -0.39 is 11.6 Å². The normalized spacial score (nSPS) is 12.3. The average molecular weight is 484 g/mol. The molecule has 1 unspecified atom stereocenters. The third kappa shape index (κ3) is 3.85. The molecule has 2 rings (SSSR count). The van der Waals surface area contributed by atoms with Gasteiger partial charge < -0.3 is 5.32 Å². The predicted molar refractivity (Wildman–Crippen MR) is 92.7 cm³/mol. The Hall–Kier alpha value is -0.460. The molecule has 0 aliphatic heterocycles. The van der Waals surface area contributed by atoms with Crippen molar-refractivity contribution in [2.24, 2.45) is 0 Å². The van der Waals surface area contributed by atoms with Gasteiger partial charge in [0.25, 0.3) is 0 Å². The fraction of sp³-hybridized carbons (Fsp3) is 0.200. The summed E-state index contributed by atoms with van der Waals surface area (Å²) >= 11 is 10.3. The van der Waals surface area contributed by atoms with Gasteiger partial charge in [-0.2, -0.15) is 0 Å². The van der Waals surface area contributed by atoms with Gasteiger partial charge in [0.2, 0.25) is 0 Å². The van der Waals surface area contributed by atoms with Gasteiger partial charge in [-0.25, -0.2) is 8.78 Å². The number of halogens is 5.